The van der Waals surface area contributed by atoms with Gasteiger partial charge in [-0.25, -0.2) is 4.79 Å². The fourth-order valence-corrected chi connectivity index (χ4v) is 3.44. The molecule has 0 saturated carbocycles. The first-order valence-electron chi connectivity index (χ1n) is 11.7. The zero-order valence-corrected chi connectivity index (χ0v) is 21.4. The Morgan fingerprint density at radius 3 is 1.50 bits per heavy atom. The second kappa shape index (κ2) is 23.1. The van der Waals surface area contributed by atoms with E-state index in [-0.39, 0.29) is 54.7 Å². The van der Waals surface area contributed by atoms with Gasteiger partial charge in [0.05, 0.1) is 0 Å². The number of carboxylic acids is 2. The van der Waals surface area contributed by atoms with Crippen LogP contribution < -0.4 is 40.0 Å². The second-order valence-electron chi connectivity index (χ2n) is 8.07. The van der Waals surface area contributed by atoms with Crippen molar-refractivity contribution in [1.29, 1.82) is 0 Å². The second-order valence-corrected chi connectivity index (χ2v) is 8.07. The van der Waals surface area contributed by atoms with Crippen molar-refractivity contribution in [2.24, 2.45) is 0 Å². The molecule has 7 heteroatoms. The summed E-state index contributed by atoms with van der Waals surface area (Å²) in [6.07, 6.45) is 18.5. The summed E-state index contributed by atoms with van der Waals surface area (Å²) in [6.45, 7) is 2.25. The van der Waals surface area contributed by atoms with E-state index < -0.39 is 18.0 Å². The topological polar surface area (TPSA) is 107 Å². The number of carbonyl (C=O) groups excluding carboxylic acids is 2. The van der Waals surface area contributed by atoms with Crippen LogP contribution in [0.1, 0.15) is 122 Å². The number of nitrogens with one attached hydrogen (secondary N) is 1. The van der Waals surface area contributed by atoms with E-state index in [1.54, 1.807) is 0 Å². The molecule has 2 N–H and O–H groups in total. The molecule has 0 heterocycles. The molecule has 0 rings (SSSR count). The Kier molecular flexibility index (Phi) is 24.3. The van der Waals surface area contributed by atoms with Gasteiger partial charge in [0, 0.05) is 12.4 Å². The smallest absolute Gasteiger partial charge is 0.550 e. The number of carbonyl (C=O) groups is 3. The molecule has 0 radical (unpaired) electrons. The summed E-state index contributed by atoms with van der Waals surface area (Å²) < 4.78 is 0. The zero-order chi connectivity index (χ0) is 21.7. The van der Waals surface area contributed by atoms with Crippen molar-refractivity contribution >= 4 is 17.8 Å². The molecule has 0 aliphatic heterocycles. The number of aliphatic carboxylic acids is 2. The van der Waals surface area contributed by atoms with Crippen LogP contribution in [0.4, 0.5) is 0 Å². The molecule has 170 valence electrons. The van der Waals surface area contributed by atoms with Gasteiger partial charge in [-0.2, -0.15) is 0 Å². The molecular weight excluding hydrogens is 393 g/mol. The van der Waals surface area contributed by atoms with Gasteiger partial charge in [0.2, 0.25) is 5.91 Å². The molecule has 0 aromatic carbocycles. The Morgan fingerprint density at radius 2 is 1.13 bits per heavy atom. The van der Waals surface area contributed by atoms with E-state index in [0.717, 1.165) is 19.3 Å². The molecule has 0 bridgehead atoms. The summed E-state index contributed by atoms with van der Waals surface area (Å²) in [4.78, 5) is 33.3. The third kappa shape index (κ3) is 22.1. The fraction of sp³-hybridized carbons (Fsp3) is 0.870. The van der Waals surface area contributed by atoms with Crippen LogP contribution >= 0.6 is 0 Å². The third-order valence-electron chi connectivity index (χ3n) is 5.28. The van der Waals surface area contributed by atoms with Crippen molar-refractivity contribution < 1.29 is 54.2 Å². The molecule has 0 fully saturated rings. The van der Waals surface area contributed by atoms with E-state index in [4.69, 9.17) is 5.11 Å². The monoisotopic (exact) mass is 435 g/mol. The van der Waals surface area contributed by atoms with Gasteiger partial charge in [-0.3, -0.25) is 4.79 Å². The molecular formula is C23H42NNaO5. The maximum Gasteiger partial charge on any atom is 1.00 e. The third-order valence-corrected chi connectivity index (χ3v) is 5.28. The van der Waals surface area contributed by atoms with Gasteiger partial charge in [-0.15, -0.1) is 0 Å². The molecule has 0 spiro atoms. The standard InChI is InChI=1S/C23H43NO5.Na/c1-2-3-4-5-6-7-8-9-10-11-12-13-14-15-16-17-21(25)24-20(23(28)29)18-19-22(26)27;/h20H,2-19H2,1H3,(H,24,25)(H,26,27)(H,28,29);/q;+1/p-1. The number of carboxylic acid groups (broad SMARTS) is 2. The molecule has 0 aliphatic rings. The summed E-state index contributed by atoms with van der Waals surface area (Å²) in [7, 11) is 0. The fourth-order valence-electron chi connectivity index (χ4n) is 3.44. The van der Waals surface area contributed by atoms with Gasteiger partial charge in [-0.05, 0) is 19.3 Å². The predicted molar refractivity (Wildman–Crippen MR) is 113 cm³/mol. The van der Waals surface area contributed by atoms with Crippen molar-refractivity contribution in [3.8, 4) is 0 Å². The Balaban J connectivity index is 0. The zero-order valence-electron chi connectivity index (χ0n) is 19.4. The number of rotatable bonds is 21. The van der Waals surface area contributed by atoms with Gasteiger partial charge in [0.25, 0.3) is 0 Å². The molecule has 1 amide bonds. The molecule has 1 unspecified atom stereocenters. The predicted octanol–water partition coefficient (Wildman–Crippen LogP) is 1.35. The largest absolute Gasteiger partial charge is 1.00 e. The van der Waals surface area contributed by atoms with Gasteiger partial charge >= 0.3 is 35.5 Å². The van der Waals surface area contributed by atoms with Crippen LogP contribution in [0.2, 0.25) is 0 Å². The quantitative estimate of drug-likeness (QED) is 0.209. The van der Waals surface area contributed by atoms with Crippen molar-refractivity contribution in [2.45, 2.75) is 129 Å². The molecule has 6 nitrogen and oxygen atoms in total. The molecule has 0 saturated heterocycles. The van der Waals surface area contributed by atoms with Crippen LogP contribution in [-0.2, 0) is 14.4 Å². The number of hydrogen-bond donors (Lipinski definition) is 2. The van der Waals surface area contributed by atoms with E-state index >= 15 is 0 Å². The average Bonchev–Trinajstić information content (AvgIpc) is 2.67. The van der Waals surface area contributed by atoms with Gasteiger partial charge in [0.15, 0.2) is 0 Å². The first-order chi connectivity index (χ1) is 14.0. The summed E-state index contributed by atoms with van der Waals surface area (Å²) in [5.74, 6) is -2.85. The summed E-state index contributed by atoms with van der Waals surface area (Å²) in [5, 5.41) is 21.8. The number of hydrogen-bond acceptors (Lipinski definition) is 4. The minimum Gasteiger partial charge on any atom is -0.550 e. The van der Waals surface area contributed by atoms with Crippen LogP contribution in [0.5, 0.6) is 0 Å². The Labute approximate surface area is 205 Å². The maximum atomic E-state index is 11.8. The van der Waals surface area contributed by atoms with Crippen molar-refractivity contribution in [2.75, 3.05) is 0 Å². The van der Waals surface area contributed by atoms with E-state index in [2.05, 4.69) is 12.2 Å². The number of amides is 1. The minimum absolute atomic E-state index is 0. The minimum atomic E-state index is -1.31. The summed E-state index contributed by atoms with van der Waals surface area (Å²) in [5.41, 5.74) is 0. The van der Waals surface area contributed by atoms with Gasteiger partial charge in [0.1, 0.15) is 6.04 Å². The van der Waals surface area contributed by atoms with Crippen molar-refractivity contribution in [1.82, 2.24) is 5.32 Å². The van der Waals surface area contributed by atoms with E-state index in [1.165, 1.54) is 77.0 Å². The van der Waals surface area contributed by atoms with Crippen LogP contribution in [0.25, 0.3) is 0 Å². The van der Waals surface area contributed by atoms with Crippen LogP contribution in [0.3, 0.4) is 0 Å². The molecule has 1 atom stereocenters. The Hall–Kier alpha value is -0.590. The average molecular weight is 436 g/mol. The first kappa shape index (κ1) is 31.6. The van der Waals surface area contributed by atoms with Gasteiger partial charge < -0.3 is 20.3 Å². The first-order valence-corrected chi connectivity index (χ1v) is 11.7. The van der Waals surface area contributed by atoms with Crippen LogP contribution in [0.15, 0.2) is 0 Å². The van der Waals surface area contributed by atoms with Gasteiger partial charge in [-0.1, -0.05) is 96.8 Å². The van der Waals surface area contributed by atoms with Crippen molar-refractivity contribution in [3.05, 3.63) is 0 Å². The Morgan fingerprint density at radius 1 is 0.733 bits per heavy atom. The summed E-state index contributed by atoms with van der Waals surface area (Å²) >= 11 is 0. The van der Waals surface area contributed by atoms with E-state index in [0.29, 0.717) is 0 Å². The molecule has 0 aliphatic carbocycles. The normalized spacial score (nSPS) is 11.5. The van der Waals surface area contributed by atoms with E-state index in [1.807, 2.05) is 0 Å². The van der Waals surface area contributed by atoms with Crippen LogP contribution in [-0.4, -0.2) is 29.0 Å². The molecule has 0 aromatic rings. The molecule has 30 heavy (non-hydrogen) atoms. The maximum absolute atomic E-state index is 11.8. The van der Waals surface area contributed by atoms with E-state index in [9.17, 15) is 19.5 Å². The number of unbranched alkanes of at least 4 members (excludes halogenated alkanes) is 14. The van der Waals surface area contributed by atoms with Crippen LogP contribution in [0, 0.1) is 0 Å². The SMILES string of the molecule is CCCCCCCCCCCCCCCCCC(=O)NC(CCC(=O)[O-])C(=O)O.[Na+]. The Bertz CT molecular complexity index is 445. The van der Waals surface area contributed by atoms with Crippen molar-refractivity contribution in [3.63, 3.8) is 0 Å². The molecule has 0 aromatic heterocycles. The summed E-state index contributed by atoms with van der Waals surface area (Å²) in [6, 6.07) is -1.16.